The van der Waals surface area contributed by atoms with Crippen LogP contribution in [0, 0.1) is 14.9 Å². The zero-order chi connectivity index (χ0) is 11.5. The number of alkyl halides is 3. The lowest BCUT2D eigenvalue weighted by Crippen LogP contribution is -2.18. The summed E-state index contributed by atoms with van der Waals surface area (Å²) in [7, 11) is 0. The molecule has 0 aromatic carbocycles. The van der Waals surface area contributed by atoms with E-state index >= 15 is 0 Å². The molecule has 0 saturated carbocycles. The van der Waals surface area contributed by atoms with E-state index in [4.69, 9.17) is 5.26 Å². The van der Waals surface area contributed by atoms with E-state index in [1.807, 2.05) is 22.6 Å². The Kier molecular flexibility index (Phi) is 3.73. The third-order valence-electron chi connectivity index (χ3n) is 1.30. The Morgan fingerprint density at radius 3 is 2.67 bits per heavy atom. The Hall–Kier alpha value is -1.04. The maximum atomic E-state index is 11.9. The van der Waals surface area contributed by atoms with Gasteiger partial charge >= 0.3 is 6.36 Å². The number of pyridine rings is 1. The topological polar surface area (TPSA) is 45.9 Å². The maximum Gasteiger partial charge on any atom is 0.574 e. The van der Waals surface area contributed by atoms with Crippen LogP contribution in [-0.2, 0) is 6.42 Å². The highest BCUT2D eigenvalue weighted by Gasteiger charge is 2.31. The predicted octanol–water partition coefficient (Wildman–Crippen LogP) is 2.65. The molecule has 1 aromatic rings. The minimum absolute atomic E-state index is 0.0505. The van der Waals surface area contributed by atoms with Crippen molar-refractivity contribution in [3.8, 4) is 11.9 Å². The summed E-state index contributed by atoms with van der Waals surface area (Å²) in [5.41, 5.74) is 0.253. The molecule has 3 nitrogen and oxygen atoms in total. The molecule has 1 aromatic heterocycles. The van der Waals surface area contributed by atoms with Crippen LogP contribution in [0.5, 0.6) is 5.88 Å². The molecule has 0 atom stereocenters. The number of aromatic nitrogens is 1. The zero-order valence-electron chi connectivity index (χ0n) is 7.18. The normalized spacial score (nSPS) is 10.9. The highest BCUT2D eigenvalue weighted by Crippen LogP contribution is 2.22. The monoisotopic (exact) mass is 328 g/mol. The molecule has 0 fully saturated rings. The number of hydrogen-bond donors (Lipinski definition) is 0. The molecule has 0 aliphatic rings. The summed E-state index contributed by atoms with van der Waals surface area (Å²) in [6.07, 6.45) is -4.81. The predicted molar refractivity (Wildman–Crippen MR) is 53.0 cm³/mol. The van der Waals surface area contributed by atoms with E-state index < -0.39 is 12.2 Å². The van der Waals surface area contributed by atoms with E-state index in [1.54, 1.807) is 6.07 Å². The van der Waals surface area contributed by atoms with Gasteiger partial charge in [-0.25, -0.2) is 4.98 Å². The van der Waals surface area contributed by atoms with Crippen LogP contribution >= 0.6 is 22.6 Å². The van der Waals surface area contributed by atoms with Gasteiger partial charge in [0.15, 0.2) is 0 Å². The molecular weight excluding hydrogens is 324 g/mol. The Bertz CT molecular complexity index is 400. The first kappa shape index (κ1) is 12.0. The van der Waals surface area contributed by atoms with Gasteiger partial charge in [0.2, 0.25) is 5.88 Å². The quantitative estimate of drug-likeness (QED) is 0.784. The Morgan fingerprint density at radius 1 is 1.47 bits per heavy atom. The van der Waals surface area contributed by atoms with Crippen LogP contribution in [0.4, 0.5) is 13.2 Å². The van der Waals surface area contributed by atoms with Crippen LogP contribution in [0.15, 0.2) is 12.1 Å². The first-order chi connectivity index (χ1) is 6.90. The fourth-order valence-corrected chi connectivity index (χ4v) is 1.49. The van der Waals surface area contributed by atoms with Gasteiger partial charge in [-0.15, -0.1) is 13.2 Å². The van der Waals surface area contributed by atoms with E-state index in [2.05, 4.69) is 9.72 Å². The van der Waals surface area contributed by atoms with Gasteiger partial charge in [0, 0.05) is 9.64 Å². The smallest absolute Gasteiger partial charge is 0.388 e. The van der Waals surface area contributed by atoms with Crippen molar-refractivity contribution in [1.82, 2.24) is 4.98 Å². The molecule has 1 rings (SSSR count). The summed E-state index contributed by atoms with van der Waals surface area (Å²) in [4.78, 5) is 3.54. The first-order valence-corrected chi connectivity index (χ1v) is 4.78. The maximum absolute atomic E-state index is 11.9. The summed E-state index contributed by atoms with van der Waals surface area (Å²) >= 11 is 1.83. The van der Waals surface area contributed by atoms with Crippen LogP contribution in [0.3, 0.4) is 0 Å². The molecule has 0 bridgehead atoms. The first-order valence-electron chi connectivity index (χ1n) is 3.70. The lowest BCUT2D eigenvalue weighted by molar-refractivity contribution is -0.276. The third kappa shape index (κ3) is 4.33. The molecule has 1 heterocycles. The van der Waals surface area contributed by atoms with Crippen molar-refractivity contribution < 1.29 is 17.9 Å². The van der Waals surface area contributed by atoms with Gasteiger partial charge in [-0.1, -0.05) is 0 Å². The van der Waals surface area contributed by atoms with Gasteiger partial charge in [-0.2, -0.15) is 5.26 Å². The summed E-state index contributed by atoms with van der Waals surface area (Å²) in [5, 5.41) is 8.38. The van der Waals surface area contributed by atoms with Crippen LogP contribution in [0.2, 0.25) is 0 Å². The van der Waals surface area contributed by atoms with Crippen LogP contribution < -0.4 is 4.74 Å². The van der Waals surface area contributed by atoms with Crippen molar-refractivity contribution in [1.29, 1.82) is 5.26 Å². The minimum atomic E-state index is -4.76. The molecule has 0 radical (unpaired) electrons. The minimum Gasteiger partial charge on any atom is -0.388 e. The van der Waals surface area contributed by atoms with Crippen molar-refractivity contribution in [3.63, 3.8) is 0 Å². The fraction of sp³-hybridized carbons (Fsp3) is 0.250. The number of nitrogens with zero attached hydrogens (tertiary/aromatic N) is 2. The lowest BCUT2D eigenvalue weighted by Gasteiger charge is -2.08. The average Bonchev–Trinajstić information content (AvgIpc) is 1.99. The zero-order valence-corrected chi connectivity index (χ0v) is 9.33. The Balaban J connectivity index is 2.95. The fourth-order valence-electron chi connectivity index (χ4n) is 0.867. The molecule has 0 unspecified atom stereocenters. The summed E-state index contributed by atoms with van der Waals surface area (Å²) in [6, 6.07) is 4.47. The molecule has 0 spiro atoms. The van der Waals surface area contributed by atoms with E-state index in [9.17, 15) is 13.2 Å². The van der Waals surface area contributed by atoms with Crippen LogP contribution in [-0.4, -0.2) is 11.3 Å². The molecule has 0 aliphatic carbocycles. The van der Waals surface area contributed by atoms with Crippen molar-refractivity contribution in [2.45, 2.75) is 12.8 Å². The van der Waals surface area contributed by atoms with Crippen molar-refractivity contribution in [3.05, 3.63) is 21.4 Å². The molecule has 0 saturated heterocycles. The standard InChI is InChI=1S/C8H4F3IN2O/c9-8(10,11)15-7-4-5(12)3-6(14-7)1-2-13/h3-4H,1H2. The SMILES string of the molecule is N#CCc1cc(I)cc(OC(F)(F)F)n1. The van der Waals surface area contributed by atoms with E-state index in [1.165, 1.54) is 6.07 Å². The van der Waals surface area contributed by atoms with Crippen LogP contribution in [0.1, 0.15) is 5.69 Å². The number of nitriles is 1. The second kappa shape index (κ2) is 4.65. The van der Waals surface area contributed by atoms with Gasteiger partial charge in [0.1, 0.15) is 0 Å². The van der Waals surface area contributed by atoms with Gasteiger partial charge in [0.05, 0.1) is 18.2 Å². The summed E-state index contributed by atoms with van der Waals surface area (Å²) in [5.74, 6) is -0.542. The largest absolute Gasteiger partial charge is 0.574 e. The summed E-state index contributed by atoms with van der Waals surface area (Å²) in [6.45, 7) is 0. The van der Waals surface area contributed by atoms with Crippen molar-refractivity contribution in [2.24, 2.45) is 0 Å². The van der Waals surface area contributed by atoms with Gasteiger partial charge in [0.25, 0.3) is 0 Å². The van der Waals surface area contributed by atoms with Gasteiger partial charge in [-0.05, 0) is 28.7 Å². The molecule has 15 heavy (non-hydrogen) atoms. The number of ether oxygens (including phenoxy) is 1. The molecule has 7 heteroatoms. The molecular formula is C8H4F3IN2O. The van der Waals surface area contributed by atoms with E-state index in [-0.39, 0.29) is 12.1 Å². The second-order valence-corrected chi connectivity index (χ2v) is 3.74. The second-order valence-electron chi connectivity index (χ2n) is 2.50. The molecule has 80 valence electrons. The van der Waals surface area contributed by atoms with Crippen molar-refractivity contribution in [2.75, 3.05) is 0 Å². The summed E-state index contributed by atoms with van der Waals surface area (Å²) < 4.78 is 39.8. The van der Waals surface area contributed by atoms with E-state index in [0.717, 1.165) is 6.07 Å². The van der Waals surface area contributed by atoms with Crippen molar-refractivity contribution >= 4 is 22.6 Å². The lowest BCUT2D eigenvalue weighted by atomic mass is 10.3. The molecule has 0 N–H and O–H groups in total. The average molecular weight is 328 g/mol. The number of hydrogen-bond acceptors (Lipinski definition) is 3. The number of rotatable bonds is 2. The highest BCUT2D eigenvalue weighted by molar-refractivity contribution is 14.1. The van der Waals surface area contributed by atoms with Gasteiger partial charge < -0.3 is 4.74 Å². The Labute approximate surface area is 97.0 Å². The number of halogens is 4. The highest BCUT2D eigenvalue weighted by atomic mass is 127. The molecule has 0 amide bonds. The van der Waals surface area contributed by atoms with Gasteiger partial charge in [-0.3, -0.25) is 0 Å². The third-order valence-corrected chi connectivity index (χ3v) is 1.92. The molecule has 0 aliphatic heterocycles. The van der Waals surface area contributed by atoms with Crippen LogP contribution in [0.25, 0.3) is 0 Å². The Morgan fingerprint density at radius 2 is 2.13 bits per heavy atom. The van der Waals surface area contributed by atoms with E-state index in [0.29, 0.717) is 3.57 Å².